The normalized spacial score (nSPS) is 22.7. The molecule has 0 radical (unpaired) electrons. The maximum Gasteiger partial charge on any atom is 0.311 e. The van der Waals surface area contributed by atoms with Gasteiger partial charge in [-0.2, -0.15) is 0 Å². The van der Waals surface area contributed by atoms with Crippen molar-refractivity contribution in [3.8, 4) is 5.75 Å². The van der Waals surface area contributed by atoms with Crippen LogP contribution in [0.3, 0.4) is 0 Å². The Kier molecular flexibility index (Phi) is 4.52. The van der Waals surface area contributed by atoms with Gasteiger partial charge in [0.1, 0.15) is 5.75 Å². The average Bonchev–Trinajstić information content (AvgIpc) is 2.83. The molecule has 2 heterocycles. The molecule has 116 valence electrons. The maximum absolute atomic E-state index is 11.7. The summed E-state index contributed by atoms with van der Waals surface area (Å²) in [5.74, 6) is 0.236. The largest absolute Gasteiger partial charge is 0.497 e. The molecule has 5 heteroatoms. The van der Waals surface area contributed by atoms with Crippen molar-refractivity contribution in [2.24, 2.45) is 11.3 Å². The van der Waals surface area contributed by atoms with Gasteiger partial charge in [0.15, 0.2) is 0 Å². The number of methoxy groups -OCH3 is 1. The first-order valence-electron chi connectivity index (χ1n) is 7.34. The van der Waals surface area contributed by atoms with Gasteiger partial charge in [0, 0.05) is 30.9 Å². The Bertz CT molecular complexity index is 530. The van der Waals surface area contributed by atoms with Gasteiger partial charge in [-0.1, -0.05) is 13.8 Å². The fourth-order valence-electron chi connectivity index (χ4n) is 3.07. The smallest absolute Gasteiger partial charge is 0.311 e. The molecule has 1 aliphatic rings. The third-order valence-corrected chi connectivity index (χ3v) is 4.51. The highest BCUT2D eigenvalue weighted by Gasteiger charge is 2.47. The van der Waals surface area contributed by atoms with E-state index in [1.165, 1.54) is 0 Å². The lowest BCUT2D eigenvalue weighted by Crippen LogP contribution is -2.39. The number of carboxylic acids is 1. The molecule has 1 aromatic rings. The van der Waals surface area contributed by atoms with Crippen molar-refractivity contribution in [3.05, 3.63) is 23.5 Å². The predicted octanol–water partition coefficient (Wildman–Crippen LogP) is 2.33. The van der Waals surface area contributed by atoms with Crippen LogP contribution in [0.15, 0.2) is 12.1 Å². The minimum Gasteiger partial charge on any atom is -0.497 e. The summed E-state index contributed by atoms with van der Waals surface area (Å²) in [6.07, 6.45) is 0.697. The Balaban J connectivity index is 2.12. The zero-order chi connectivity index (χ0) is 15.6. The Morgan fingerprint density at radius 2 is 2.24 bits per heavy atom. The Hall–Kier alpha value is -1.62. The first-order valence-corrected chi connectivity index (χ1v) is 7.34. The molecule has 5 nitrogen and oxygen atoms in total. The van der Waals surface area contributed by atoms with Gasteiger partial charge in [-0.15, -0.1) is 0 Å². The van der Waals surface area contributed by atoms with Gasteiger partial charge in [0.2, 0.25) is 0 Å². The molecule has 0 bridgehead atoms. The van der Waals surface area contributed by atoms with Crippen LogP contribution in [0.2, 0.25) is 0 Å². The van der Waals surface area contributed by atoms with Gasteiger partial charge in [-0.05, 0) is 25.8 Å². The van der Waals surface area contributed by atoms with E-state index in [1.54, 1.807) is 7.11 Å². The molecule has 2 rings (SSSR count). The number of aliphatic carboxylic acids is 1. The van der Waals surface area contributed by atoms with Crippen LogP contribution < -0.4 is 4.74 Å². The van der Waals surface area contributed by atoms with Gasteiger partial charge in [-0.3, -0.25) is 14.7 Å². The van der Waals surface area contributed by atoms with Gasteiger partial charge in [-0.25, -0.2) is 0 Å². The van der Waals surface area contributed by atoms with Crippen LogP contribution in [0.4, 0.5) is 0 Å². The Labute approximate surface area is 125 Å². The molecule has 0 aromatic carbocycles. The number of carbonyl (C=O) groups is 1. The second kappa shape index (κ2) is 6.02. The van der Waals surface area contributed by atoms with Crippen LogP contribution in [-0.2, 0) is 11.3 Å². The molecule has 0 amide bonds. The Morgan fingerprint density at radius 1 is 1.52 bits per heavy atom. The number of ether oxygens (including phenoxy) is 1. The summed E-state index contributed by atoms with van der Waals surface area (Å²) in [7, 11) is 1.64. The topological polar surface area (TPSA) is 62.7 Å². The molecule has 1 saturated heterocycles. The highest BCUT2D eigenvalue weighted by molar-refractivity contribution is 5.75. The van der Waals surface area contributed by atoms with E-state index >= 15 is 0 Å². The lowest BCUT2D eigenvalue weighted by molar-refractivity contribution is -0.151. The molecule has 0 saturated carbocycles. The monoisotopic (exact) mass is 292 g/mol. The van der Waals surface area contributed by atoms with E-state index < -0.39 is 11.4 Å². The number of rotatable bonds is 5. The highest BCUT2D eigenvalue weighted by atomic mass is 16.5. The molecule has 0 aliphatic carbocycles. The minimum absolute atomic E-state index is 0.125. The molecular formula is C16H24N2O3. The zero-order valence-corrected chi connectivity index (χ0v) is 13.2. The van der Waals surface area contributed by atoms with Crippen LogP contribution >= 0.6 is 0 Å². The fraction of sp³-hybridized carbons (Fsp3) is 0.625. The van der Waals surface area contributed by atoms with Crippen LogP contribution in [0, 0.1) is 18.3 Å². The van der Waals surface area contributed by atoms with Crippen LogP contribution in [0.1, 0.15) is 31.7 Å². The number of pyridine rings is 1. The van der Waals surface area contributed by atoms with E-state index in [0.717, 1.165) is 23.7 Å². The standard InChI is InChI=1S/C16H24N2O3/c1-11(2)16(15(19)20)5-6-18(10-16)9-13-8-14(21-4)7-12(3)17-13/h7-8,11H,5-6,9-10H2,1-4H3,(H,19,20). The van der Waals surface area contributed by atoms with E-state index in [2.05, 4.69) is 9.88 Å². The second-order valence-corrected chi connectivity index (χ2v) is 6.22. The number of aryl methyl sites for hydroxylation is 1. The van der Waals surface area contributed by atoms with Crippen LogP contribution in [0.25, 0.3) is 0 Å². The third kappa shape index (κ3) is 3.18. The average molecular weight is 292 g/mol. The number of nitrogens with zero attached hydrogens (tertiary/aromatic N) is 2. The number of hydrogen-bond acceptors (Lipinski definition) is 4. The SMILES string of the molecule is COc1cc(C)nc(CN2CCC(C(=O)O)(C(C)C)C2)c1. The second-order valence-electron chi connectivity index (χ2n) is 6.22. The molecule has 1 N–H and O–H groups in total. The predicted molar refractivity (Wildman–Crippen MR) is 80.3 cm³/mol. The zero-order valence-electron chi connectivity index (χ0n) is 13.2. The van der Waals surface area contributed by atoms with Gasteiger partial charge in [0.05, 0.1) is 18.2 Å². The summed E-state index contributed by atoms with van der Waals surface area (Å²) in [4.78, 5) is 18.3. The van der Waals surface area contributed by atoms with Gasteiger partial charge < -0.3 is 9.84 Å². The van der Waals surface area contributed by atoms with Crippen molar-refractivity contribution in [1.82, 2.24) is 9.88 Å². The molecule has 1 aromatic heterocycles. The van der Waals surface area contributed by atoms with Crippen molar-refractivity contribution in [3.63, 3.8) is 0 Å². The fourth-order valence-corrected chi connectivity index (χ4v) is 3.07. The summed E-state index contributed by atoms with van der Waals surface area (Å²) in [6, 6.07) is 3.81. The summed E-state index contributed by atoms with van der Waals surface area (Å²) in [5.41, 5.74) is 1.21. The van der Waals surface area contributed by atoms with Crippen molar-refractivity contribution in [2.75, 3.05) is 20.2 Å². The number of hydrogen-bond donors (Lipinski definition) is 1. The van der Waals surface area contributed by atoms with Crippen LogP contribution in [-0.4, -0.2) is 41.2 Å². The summed E-state index contributed by atoms with van der Waals surface area (Å²) in [6.45, 7) is 7.96. The first kappa shape index (κ1) is 15.8. The lowest BCUT2D eigenvalue weighted by Gasteiger charge is -2.28. The van der Waals surface area contributed by atoms with Crippen LogP contribution in [0.5, 0.6) is 5.75 Å². The highest BCUT2D eigenvalue weighted by Crippen LogP contribution is 2.38. The molecule has 1 atom stereocenters. The minimum atomic E-state index is -0.685. The quantitative estimate of drug-likeness (QED) is 0.902. The van der Waals surface area contributed by atoms with Crippen molar-refractivity contribution < 1.29 is 14.6 Å². The van der Waals surface area contributed by atoms with E-state index in [0.29, 0.717) is 19.5 Å². The summed E-state index contributed by atoms with van der Waals surface area (Å²) < 4.78 is 5.26. The van der Waals surface area contributed by atoms with Crippen molar-refractivity contribution >= 4 is 5.97 Å². The summed E-state index contributed by atoms with van der Waals surface area (Å²) >= 11 is 0. The first-order chi connectivity index (χ1) is 9.87. The van der Waals surface area contributed by atoms with Gasteiger partial charge >= 0.3 is 5.97 Å². The van der Waals surface area contributed by atoms with E-state index in [9.17, 15) is 9.90 Å². The van der Waals surface area contributed by atoms with E-state index in [4.69, 9.17) is 4.74 Å². The third-order valence-electron chi connectivity index (χ3n) is 4.51. The Morgan fingerprint density at radius 3 is 2.76 bits per heavy atom. The summed E-state index contributed by atoms with van der Waals surface area (Å²) in [5, 5.41) is 9.58. The van der Waals surface area contributed by atoms with Gasteiger partial charge in [0.25, 0.3) is 0 Å². The molecule has 1 aliphatic heterocycles. The van der Waals surface area contributed by atoms with Crippen molar-refractivity contribution in [1.29, 1.82) is 0 Å². The molecular weight excluding hydrogens is 268 g/mol. The van der Waals surface area contributed by atoms with E-state index in [1.807, 2.05) is 32.9 Å². The van der Waals surface area contributed by atoms with Crippen molar-refractivity contribution in [2.45, 2.75) is 33.7 Å². The lowest BCUT2D eigenvalue weighted by atomic mass is 9.76. The van der Waals surface area contributed by atoms with E-state index in [-0.39, 0.29) is 5.92 Å². The number of aromatic nitrogens is 1. The molecule has 1 unspecified atom stereocenters. The maximum atomic E-state index is 11.7. The number of likely N-dealkylation sites (tertiary alicyclic amines) is 1. The molecule has 1 fully saturated rings. The number of carboxylic acid groups (broad SMARTS) is 1. The molecule has 0 spiro atoms. The molecule has 21 heavy (non-hydrogen) atoms.